The first kappa shape index (κ1) is 13.8. The van der Waals surface area contributed by atoms with E-state index in [0.717, 1.165) is 22.2 Å². The van der Waals surface area contributed by atoms with Crippen LogP contribution in [0.25, 0.3) is 27.6 Å². The molecule has 0 unspecified atom stereocenters. The van der Waals surface area contributed by atoms with Crippen LogP contribution in [0.3, 0.4) is 0 Å². The van der Waals surface area contributed by atoms with Crippen LogP contribution in [0.4, 0.5) is 0 Å². The smallest absolute Gasteiger partial charge is 0.376 e. The fourth-order valence-corrected chi connectivity index (χ4v) is 2.39. The summed E-state index contributed by atoms with van der Waals surface area (Å²) < 4.78 is 0. The minimum atomic E-state index is -1.53. The molecular weight excluding hydrogens is 280 g/mol. The lowest BCUT2D eigenvalue weighted by Crippen LogP contribution is -2.08. The molecule has 0 saturated carbocycles. The molecule has 3 aromatic carbocycles. The molecule has 0 aromatic heterocycles. The second kappa shape index (κ2) is 5.33. The van der Waals surface area contributed by atoms with E-state index in [0.29, 0.717) is 10.9 Å². The van der Waals surface area contributed by atoms with Gasteiger partial charge in [-0.3, -0.25) is 4.79 Å². The summed E-state index contributed by atoms with van der Waals surface area (Å²) in [6, 6.07) is 15.1. The van der Waals surface area contributed by atoms with E-state index in [1.54, 1.807) is 6.07 Å². The molecule has 0 spiro atoms. The van der Waals surface area contributed by atoms with Crippen LogP contribution in [0.5, 0.6) is 5.75 Å². The molecule has 0 aliphatic carbocycles. The Labute approximate surface area is 125 Å². The SMILES string of the molecule is O=C(O)C(=O)/C=C\c1ccc2cc3ccccc3cc2c1O. The molecule has 0 aliphatic heterocycles. The molecule has 0 atom stereocenters. The Bertz CT molecular complexity index is 938. The van der Waals surface area contributed by atoms with Crippen LogP contribution in [0.1, 0.15) is 5.56 Å². The zero-order chi connectivity index (χ0) is 15.7. The van der Waals surface area contributed by atoms with Crippen molar-refractivity contribution in [2.75, 3.05) is 0 Å². The highest BCUT2D eigenvalue weighted by atomic mass is 16.4. The minimum absolute atomic E-state index is 0.0256. The molecule has 0 radical (unpaired) electrons. The number of ketones is 1. The number of carbonyl (C=O) groups is 2. The van der Waals surface area contributed by atoms with E-state index in [-0.39, 0.29) is 5.75 Å². The van der Waals surface area contributed by atoms with Crippen molar-refractivity contribution in [1.82, 2.24) is 0 Å². The van der Waals surface area contributed by atoms with Gasteiger partial charge in [-0.1, -0.05) is 36.4 Å². The van der Waals surface area contributed by atoms with Gasteiger partial charge >= 0.3 is 5.97 Å². The van der Waals surface area contributed by atoms with Crippen molar-refractivity contribution in [1.29, 1.82) is 0 Å². The predicted octanol–water partition coefficient (Wildman–Crippen LogP) is 3.37. The Kier molecular flexibility index (Phi) is 3.35. The van der Waals surface area contributed by atoms with Gasteiger partial charge in [0.2, 0.25) is 0 Å². The van der Waals surface area contributed by atoms with Crippen LogP contribution in [0, 0.1) is 0 Å². The average Bonchev–Trinajstić information content (AvgIpc) is 2.52. The second-order valence-electron chi connectivity index (χ2n) is 4.93. The Balaban J connectivity index is 2.14. The van der Waals surface area contributed by atoms with Gasteiger partial charge < -0.3 is 10.2 Å². The first-order valence-corrected chi connectivity index (χ1v) is 6.66. The van der Waals surface area contributed by atoms with Crippen LogP contribution >= 0.6 is 0 Å². The highest BCUT2D eigenvalue weighted by molar-refractivity contribution is 6.38. The van der Waals surface area contributed by atoms with E-state index >= 15 is 0 Å². The number of carboxylic acid groups (broad SMARTS) is 1. The third-order valence-corrected chi connectivity index (χ3v) is 3.51. The van der Waals surface area contributed by atoms with Crippen molar-refractivity contribution < 1.29 is 19.8 Å². The maximum absolute atomic E-state index is 11.1. The number of hydrogen-bond donors (Lipinski definition) is 2. The molecule has 4 heteroatoms. The van der Waals surface area contributed by atoms with Crippen molar-refractivity contribution in [3.63, 3.8) is 0 Å². The molecule has 3 rings (SSSR count). The van der Waals surface area contributed by atoms with E-state index in [4.69, 9.17) is 5.11 Å². The number of carbonyl (C=O) groups excluding carboxylic acids is 1. The fraction of sp³-hybridized carbons (Fsp3) is 0. The number of aromatic hydroxyl groups is 1. The Hall–Kier alpha value is -3.14. The van der Waals surface area contributed by atoms with Crippen LogP contribution in [-0.2, 0) is 9.59 Å². The van der Waals surface area contributed by atoms with Gasteiger partial charge in [-0.05, 0) is 40.4 Å². The molecule has 0 bridgehead atoms. The third kappa shape index (κ3) is 2.42. The summed E-state index contributed by atoms with van der Waals surface area (Å²) in [7, 11) is 0. The number of phenols is 1. The van der Waals surface area contributed by atoms with Gasteiger partial charge in [0.25, 0.3) is 5.78 Å². The summed E-state index contributed by atoms with van der Waals surface area (Å²) in [6.45, 7) is 0. The Morgan fingerprint density at radius 1 is 0.909 bits per heavy atom. The Morgan fingerprint density at radius 3 is 2.27 bits per heavy atom. The maximum Gasteiger partial charge on any atom is 0.376 e. The van der Waals surface area contributed by atoms with E-state index in [2.05, 4.69) is 0 Å². The number of benzene rings is 3. The lowest BCUT2D eigenvalue weighted by atomic mass is 10.0. The number of rotatable bonds is 3. The van der Waals surface area contributed by atoms with Gasteiger partial charge in [0, 0.05) is 10.9 Å². The van der Waals surface area contributed by atoms with Crippen molar-refractivity contribution >= 4 is 39.4 Å². The number of phenolic OH excluding ortho intramolecular Hbond substituents is 1. The number of aliphatic carboxylic acids is 1. The minimum Gasteiger partial charge on any atom is -0.507 e. The molecule has 0 saturated heterocycles. The first-order valence-electron chi connectivity index (χ1n) is 6.66. The van der Waals surface area contributed by atoms with Crippen molar-refractivity contribution in [2.45, 2.75) is 0 Å². The largest absolute Gasteiger partial charge is 0.507 e. The fourth-order valence-electron chi connectivity index (χ4n) is 2.39. The predicted molar refractivity (Wildman–Crippen MR) is 84.8 cm³/mol. The topological polar surface area (TPSA) is 74.6 Å². The summed E-state index contributed by atoms with van der Waals surface area (Å²) in [5, 5.41) is 22.5. The van der Waals surface area contributed by atoms with Crippen LogP contribution < -0.4 is 0 Å². The van der Waals surface area contributed by atoms with Gasteiger partial charge in [0.1, 0.15) is 5.75 Å². The standard InChI is InChI=1S/C18H12O4/c19-16(18(21)22)8-7-11-5-6-14-9-12-3-1-2-4-13(12)10-15(14)17(11)20/h1-10,20H,(H,21,22)/b8-7-. The third-order valence-electron chi connectivity index (χ3n) is 3.51. The van der Waals surface area contributed by atoms with Gasteiger partial charge in [-0.25, -0.2) is 4.79 Å². The summed E-state index contributed by atoms with van der Waals surface area (Å²) in [5.74, 6) is -2.53. The highest BCUT2D eigenvalue weighted by Crippen LogP contribution is 2.32. The summed E-state index contributed by atoms with van der Waals surface area (Å²) >= 11 is 0. The molecule has 3 aromatic rings. The number of fused-ring (bicyclic) bond motifs is 2. The van der Waals surface area contributed by atoms with Gasteiger partial charge in [0.05, 0.1) is 0 Å². The molecular formula is C18H12O4. The van der Waals surface area contributed by atoms with E-state index < -0.39 is 11.8 Å². The summed E-state index contributed by atoms with van der Waals surface area (Å²) in [5.41, 5.74) is 0.400. The molecule has 0 fully saturated rings. The quantitative estimate of drug-likeness (QED) is 0.441. The lowest BCUT2D eigenvalue weighted by molar-refractivity contribution is -0.146. The van der Waals surface area contributed by atoms with E-state index in [9.17, 15) is 14.7 Å². The lowest BCUT2D eigenvalue weighted by Gasteiger charge is -2.07. The first-order chi connectivity index (χ1) is 10.6. The van der Waals surface area contributed by atoms with E-state index in [1.807, 2.05) is 42.5 Å². The highest BCUT2D eigenvalue weighted by Gasteiger charge is 2.09. The molecule has 0 heterocycles. The van der Waals surface area contributed by atoms with Crippen LogP contribution in [0.15, 0.2) is 54.6 Å². The molecule has 22 heavy (non-hydrogen) atoms. The zero-order valence-corrected chi connectivity index (χ0v) is 11.5. The Morgan fingerprint density at radius 2 is 1.59 bits per heavy atom. The van der Waals surface area contributed by atoms with Crippen molar-refractivity contribution in [2.24, 2.45) is 0 Å². The van der Waals surface area contributed by atoms with Crippen molar-refractivity contribution in [3.8, 4) is 5.75 Å². The number of hydrogen-bond acceptors (Lipinski definition) is 3. The molecule has 2 N–H and O–H groups in total. The summed E-state index contributed by atoms with van der Waals surface area (Å²) in [6.07, 6.45) is 2.24. The van der Waals surface area contributed by atoms with Crippen LogP contribution in [0.2, 0.25) is 0 Å². The van der Waals surface area contributed by atoms with Gasteiger partial charge in [-0.15, -0.1) is 0 Å². The normalized spacial score (nSPS) is 11.3. The monoisotopic (exact) mass is 292 g/mol. The molecule has 0 amide bonds. The second-order valence-corrected chi connectivity index (χ2v) is 4.93. The van der Waals surface area contributed by atoms with Gasteiger partial charge in [-0.2, -0.15) is 0 Å². The zero-order valence-electron chi connectivity index (χ0n) is 11.5. The van der Waals surface area contributed by atoms with Gasteiger partial charge in [0.15, 0.2) is 0 Å². The van der Waals surface area contributed by atoms with Crippen LogP contribution in [-0.4, -0.2) is 22.0 Å². The molecule has 108 valence electrons. The maximum atomic E-state index is 11.1. The number of carboxylic acids is 1. The molecule has 0 aliphatic rings. The summed E-state index contributed by atoms with van der Waals surface area (Å²) in [4.78, 5) is 21.6. The van der Waals surface area contributed by atoms with E-state index in [1.165, 1.54) is 6.08 Å². The average molecular weight is 292 g/mol. The van der Waals surface area contributed by atoms with Crippen molar-refractivity contribution in [3.05, 3.63) is 60.2 Å². The molecule has 4 nitrogen and oxygen atoms in total.